The zero-order valence-electron chi connectivity index (χ0n) is 9.04. The quantitative estimate of drug-likeness (QED) is 0.438. The summed E-state index contributed by atoms with van der Waals surface area (Å²) < 4.78 is 16.3. The van der Waals surface area contributed by atoms with Gasteiger partial charge in [-0.25, -0.2) is 9.44 Å². The molecule has 0 aliphatic carbocycles. The van der Waals surface area contributed by atoms with Gasteiger partial charge in [-0.15, -0.1) is 0 Å². The molecule has 0 saturated heterocycles. The van der Waals surface area contributed by atoms with Crippen molar-refractivity contribution in [3.05, 3.63) is 0 Å². The fraction of sp³-hybridized carbons (Fsp3) is 1.00. The third-order valence-electron chi connectivity index (χ3n) is 3.54. The van der Waals surface area contributed by atoms with Crippen LogP contribution in [-0.4, -0.2) is 65.6 Å². The Bertz CT molecular complexity index is 174. The summed E-state index contributed by atoms with van der Waals surface area (Å²) in [6.45, 7) is 8.27. The molecule has 1 atom stereocenters. The minimum absolute atomic E-state index is 0. The monoisotopic (exact) mass is 272 g/mol. The van der Waals surface area contributed by atoms with E-state index in [4.69, 9.17) is 8.86 Å². The molecule has 0 heterocycles. The molecule has 0 radical (unpaired) electrons. The molecule has 0 amide bonds. The van der Waals surface area contributed by atoms with Crippen LogP contribution >= 0.6 is 17.7 Å². The van der Waals surface area contributed by atoms with Gasteiger partial charge in [-0.05, 0) is 23.0 Å². The molecule has 6 heteroatoms. The Morgan fingerprint density at radius 2 is 1.36 bits per heavy atom. The Hall–Kier alpha value is 1.76. The van der Waals surface area contributed by atoms with Crippen molar-refractivity contribution in [3.63, 3.8) is 0 Å². The van der Waals surface area contributed by atoms with Gasteiger partial charge in [0.25, 0.3) is 0 Å². The van der Waals surface area contributed by atoms with Crippen molar-refractivity contribution in [1.29, 1.82) is 0 Å². The standard InChI is InChI=1S/C8H23O3PS.Ca.2H/c1-5-13(6-2,7-3,8-4)11-12(9)10;;;/h12-13H,5-8H2,1-4H3,(H,9,10);;;. The van der Waals surface area contributed by atoms with Crippen LogP contribution in [0, 0.1) is 0 Å². The van der Waals surface area contributed by atoms with Crippen molar-refractivity contribution >= 4 is 55.4 Å². The SMILES string of the molecule is CC[SH](CC)(CC)(CC)O[PH](=O)O.[CaH2]. The van der Waals surface area contributed by atoms with Gasteiger partial charge in [0, 0.05) is 0 Å². The number of thiol groups is 1. The molecule has 0 saturated carbocycles. The molecule has 0 aromatic carbocycles. The second kappa shape index (κ2) is 7.16. The number of hydrogen-bond acceptors (Lipinski definition) is 2. The summed E-state index contributed by atoms with van der Waals surface area (Å²) in [7, 11) is -5.08. The summed E-state index contributed by atoms with van der Waals surface area (Å²) in [5.41, 5.74) is 0. The van der Waals surface area contributed by atoms with E-state index in [-0.39, 0.29) is 37.7 Å². The first-order chi connectivity index (χ1) is 5.97. The van der Waals surface area contributed by atoms with Crippen molar-refractivity contribution in [2.24, 2.45) is 0 Å². The molecule has 0 rings (SSSR count). The van der Waals surface area contributed by atoms with E-state index in [0.717, 1.165) is 23.0 Å². The predicted octanol–water partition coefficient (Wildman–Crippen LogP) is 1.54. The van der Waals surface area contributed by atoms with E-state index in [0.29, 0.717) is 0 Å². The Balaban J connectivity index is 0. The molecule has 88 valence electrons. The van der Waals surface area contributed by atoms with E-state index in [1.807, 2.05) is 0 Å². The van der Waals surface area contributed by atoms with Gasteiger partial charge in [0.15, 0.2) is 0 Å². The van der Waals surface area contributed by atoms with Gasteiger partial charge in [-0.2, -0.15) is 0 Å². The molecular weight excluding hydrogens is 247 g/mol. The molecule has 0 aromatic rings. The van der Waals surface area contributed by atoms with Crippen molar-refractivity contribution in [1.82, 2.24) is 0 Å². The van der Waals surface area contributed by atoms with Gasteiger partial charge < -0.3 is 4.89 Å². The first-order valence-corrected chi connectivity index (χ1v) is 9.07. The summed E-state index contributed by atoms with van der Waals surface area (Å²) >= 11 is 0. The van der Waals surface area contributed by atoms with Gasteiger partial charge in [-0.1, -0.05) is 27.7 Å². The summed E-state index contributed by atoms with van der Waals surface area (Å²) in [5, 5.41) is 0. The molecule has 0 aromatic heterocycles. The molecule has 0 bridgehead atoms. The summed E-state index contributed by atoms with van der Waals surface area (Å²) in [6.07, 6.45) is 0. The summed E-state index contributed by atoms with van der Waals surface area (Å²) in [4.78, 5) is 8.93. The minimum atomic E-state index is -2.79. The predicted molar refractivity (Wildman–Crippen MR) is 72.0 cm³/mol. The summed E-state index contributed by atoms with van der Waals surface area (Å²) in [6, 6.07) is 0. The van der Waals surface area contributed by atoms with E-state index in [2.05, 4.69) is 27.7 Å². The Labute approximate surface area is 118 Å². The van der Waals surface area contributed by atoms with Crippen LogP contribution in [0.25, 0.3) is 0 Å². The van der Waals surface area contributed by atoms with Crippen LogP contribution < -0.4 is 0 Å². The summed E-state index contributed by atoms with van der Waals surface area (Å²) in [5.74, 6) is 3.64. The van der Waals surface area contributed by atoms with Crippen LogP contribution in [0.3, 0.4) is 0 Å². The topological polar surface area (TPSA) is 46.5 Å². The van der Waals surface area contributed by atoms with Gasteiger partial charge in [-0.3, -0.25) is 8.54 Å². The van der Waals surface area contributed by atoms with Crippen LogP contribution in [0.1, 0.15) is 27.7 Å². The van der Waals surface area contributed by atoms with Crippen LogP contribution in [0.5, 0.6) is 0 Å². The zero-order chi connectivity index (χ0) is 10.6. The van der Waals surface area contributed by atoms with Crippen molar-refractivity contribution in [3.8, 4) is 0 Å². The van der Waals surface area contributed by atoms with E-state index >= 15 is 0 Å². The van der Waals surface area contributed by atoms with Gasteiger partial charge in [0.1, 0.15) is 0 Å². The Morgan fingerprint density at radius 3 is 1.43 bits per heavy atom. The number of hydrogen-bond donors (Lipinski definition) is 2. The van der Waals surface area contributed by atoms with Gasteiger partial charge >= 0.3 is 46.0 Å². The first-order valence-electron chi connectivity index (χ1n) is 4.91. The Morgan fingerprint density at radius 1 is 1.07 bits per heavy atom. The van der Waals surface area contributed by atoms with Gasteiger partial charge in [0.2, 0.25) is 0 Å². The molecule has 1 unspecified atom stereocenters. The van der Waals surface area contributed by atoms with Crippen molar-refractivity contribution in [2.75, 3.05) is 23.0 Å². The van der Waals surface area contributed by atoms with Crippen molar-refractivity contribution < 1.29 is 13.4 Å². The molecule has 3 nitrogen and oxygen atoms in total. The Kier molecular flexibility index (Phi) is 9.27. The van der Waals surface area contributed by atoms with Crippen LogP contribution in [0.4, 0.5) is 0 Å². The van der Waals surface area contributed by atoms with Crippen LogP contribution in [-0.2, 0) is 8.54 Å². The van der Waals surface area contributed by atoms with Crippen LogP contribution in [0.15, 0.2) is 0 Å². The van der Waals surface area contributed by atoms with Crippen LogP contribution in [0.2, 0.25) is 0 Å². The third kappa shape index (κ3) is 3.97. The second-order valence-corrected chi connectivity index (χ2v) is 11.0. The fourth-order valence-corrected chi connectivity index (χ4v) is 8.34. The third-order valence-corrected chi connectivity index (χ3v) is 12.6. The van der Waals surface area contributed by atoms with E-state index in [1.54, 1.807) is 0 Å². The molecule has 1 N–H and O–H groups in total. The first kappa shape index (κ1) is 18.1. The molecule has 0 aliphatic rings. The number of rotatable bonds is 6. The normalized spacial score (nSPS) is 16.5. The average Bonchev–Trinajstić information content (AvgIpc) is 2.15. The van der Waals surface area contributed by atoms with E-state index in [1.165, 1.54) is 0 Å². The fourth-order valence-electron chi connectivity index (χ4n) is 1.82. The second-order valence-electron chi connectivity index (χ2n) is 3.48. The van der Waals surface area contributed by atoms with E-state index < -0.39 is 17.7 Å². The van der Waals surface area contributed by atoms with Crippen molar-refractivity contribution in [2.45, 2.75) is 27.7 Å². The molecule has 14 heavy (non-hydrogen) atoms. The molecule has 0 fully saturated rings. The maximum atomic E-state index is 10.9. The van der Waals surface area contributed by atoms with Gasteiger partial charge in [0.05, 0.1) is 0 Å². The molecule has 0 spiro atoms. The molecular formula is C8H25CaO3PS. The molecule has 0 aliphatic heterocycles. The average molecular weight is 272 g/mol. The zero-order valence-corrected chi connectivity index (χ0v) is 10.9. The maximum absolute atomic E-state index is 10.9. The van der Waals surface area contributed by atoms with E-state index in [9.17, 15) is 4.57 Å².